The summed E-state index contributed by atoms with van der Waals surface area (Å²) >= 11 is 0. The van der Waals surface area contributed by atoms with E-state index in [0.29, 0.717) is 16.9 Å². The van der Waals surface area contributed by atoms with Gasteiger partial charge in [0, 0.05) is 18.4 Å². The predicted molar refractivity (Wildman–Crippen MR) is 110 cm³/mol. The molecule has 0 N–H and O–H groups in total. The zero-order valence-corrected chi connectivity index (χ0v) is 16.3. The van der Waals surface area contributed by atoms with Gasteiger partial charge in [-0.15, -0.1) is 0 Å². The molecule has 0 unspecified atom stereocenters. The van der Waals surface area contributed by atoms with Gasteiger partial charge in [-0.05, 0) is 42.0 Å². The number of hydrogen-bond acceptors (Lipinski definition) is 4. The lowest BCUT2D eigenvalue weighted by Gasteiger charge is -2.26. The van der Waals surface area contributed by atoms with Crippen molar-refractivity contribution in [2.24, 2.45) is 0 Å². The molecule has 0 saturated carbocycles. The molecule has 0 radical (unpaired) electrons. The Bertz CT molecular complexity index is 1190. The third kappa shape index (κ3) is 3.19. The Kier molecular flexibility index (Phi) is 4.68. The van der Waals surface area contributed by atoms with Crippen LogP contribution in [0.3, 0.4) is 0 Å². The quantitative estimate of drug-likeness (QED) is 0.651. The van der Waals surface area contributed by atoms with Crippen LogP contribution in [0.1, 0.15) is 5.56 Å². The third-order valence-electron chi connectivity index (χ3n) is 4.68. The number of sulfonamides is 1. The summed E-state index contributed by atoms with van der Waals surface area (Å²) in [7, 11) is -2.80. The second-order valence-electron chi connectivity index (χ2n) is 6.47. The highest BCUT2D eigenvalue weighted by Crippen LogP contribution is 2.41. The van der Waals surface area contributed by atoms with E-state index in [2.05, 4.69) is 0 Å². The monoisotopic (exact) mass is 408 g/mol. The molecular formula is C22H17FN2O3S. The second-order valence-corrected chi connectivity index (χ2v) is 8.37. The van der Waals surface area contributed by atoms with Crippen molar-refractivity contribution in [1.82, 2.24) is 4.31 Å². The first kappa shape index (κ1) is 18.9. The van der Waals surface area contributed by atoms with Gasteiger partial charge in [0.1, 0.15) is 16.4 Å². The van der Waals surface area contributed by atoms with Crippen molar-refractivity contribution in [3.8, 4) is 0 Å². The Morgan fingerprint density at radius 2 is 1.31 bits per heavy atom. The Labute approximate surface area is 168 Å². The van der Waals surface area contributed by atoms with E-state index in [1.165, 1.54) is 31.3 Å². The molecule has 3 aromatic carbocycles. The van der Waals surface area contributed by atoms with Crippen molar-refractivity contribution in [3.63, 3.8) is 0 Å². The fourth-order valence-electron chi connectivity index (χ4n) is 3.26. The number of carbonyl (C=O) groups excluding carboxylic acids is 1. The fraction of sp³-hybridized carbons (Fsp3) is 0.0455. The van der Waals surface area contributed by atoms with Gasteiger partial charge in [0.2, 0.25) is 0 Å². The molecular weight excluding hydrogens is 391 g/mol. The minimum Gasteiger partial charge on any atom is -0.304 e. The number of para-hydroxylation sites is 1. The van der Waals surface area contributed by atoms with Crippen LogP contribution in [0.25, 0.3) is 4.91 Å². The molecule has 0 saturated heterocycles. The normalized spacial score (nSPS) is 15.7. The van der Waals surface area contributed by atoms with Crippen molar-refractivity contribution < 1.29 is 17.6 Å². The highest BCUT2D eigenvalue weighted by atomic mass is 32.2. The van der Waals surface area contributed by atoms with Gasteiger partial charge < -0.3 is 4.90 Å². The van der Waals surface area contributed by atoms with Gasteiger partial charge in [-0.1, -0.05) is 48.5 Å². The van der Waals surface area contributed by atoms with Gasteiger partial charge in [0.05, 0.1) is 0 Å². The molecule has 4 rings (SSSR count). The molecule has 29 heavy (non-hydrogen) atoms. The molecule has 1 heterocycles. The lowest BCUT2D eigenvalue weighted by Crippen LogP contribution is -2.30. The zero-order chi connectivity index (χ0) is 20.6. The first-order valence-electron chi connectivity index (χ1n) is 8.85. The standard InChI is InChI=1S/C22H17FN2O3S/c1-24-22(26)20(21(29(24,27)28)16-8-4-2-5-9-16)25(18-10-6-3-7-11-18)19-14-12-17(23)13-15-19/h2-15H,1H3. The summed E-state index contributed by atoms with van der Waals surface area (Å²) in [6.45, 7) is 0. The molecule has 0 spiro atoms. The van der Waals surface area contributed by atoms with Gasteiger partial charge >= 0.3 is 0 Å². The largest absolute Gasteiger partial charge is 0.304 e. The van der Waals surface area contributed by atoms with Crippen molar-refractivity contribution in [1.29, 1.82) is 0 Å². The molecule has 3 aromatic rings. The number of rotatable bonds is 4. The van der Waals surface area contributed by atoms with Crippen molar-refractivity contribution in [2.45, 2.75) is 0 Å². The summed E-state index contributed by atoms with van der Waals surface area (Å²) < 4.78 is 40.5. The maximum absolute atomic E-state index is 13.5. The van der Waals surface area contributed by atoms with Gasteiger partial charge in [-0.3, -0.25) is 4.79 Å². The molecule has 146 valence electrons. The Morgan fingerprint density at radius 3 is 1.90 bits per heavy atom. The lowest BCUT2D eigenvalue weighted by atomic mass is 10.1. The number of nitrogens with zero attached hydrogens (tertiary/aromatic N) is 2. The topological polar surface area (TPSA) is 57.7 Å². The van der Waals surface area contributed by atoms with Gasteiger partial charge in [0.25, 0.3) is 15.9 Å². The van der Waals surface area contributed by atoms with Gasteiger partial charge in [-0.25, -0.2) is 17.1 Å². The first-order valence-corrected chi connectivity index (χ1v) is 10.3. The van der Waals surface area contributed by atoms with E-state index in [4.69, 9.17) is 0 Å². The summed E-state index contributed by atoms with van der Waals surface area (Å²) in [5, 5.41) is 0. The highest BCUT2D eigenvalue weighted by Gasteiger charge is 2.45. The molecule has 5 nitrogen and oxygen atoms in total. The van der Waals surface area contributed by atoms with E-state index in [1.807, 2.05) is 6.07 Å². The number of halogens is 1. The molecule has 7 heteroatoms. The zero-order valence-electron chi connectivity index (χ0n) is 15.5. The summed E-state index contributed by atoms with van der Waals surface area (Å²) in [5.74, 6) is -1.08. The summed E-state index contributed by atoms with van der Waals surface area (Å²) in [4.78, 5) is 14.6. The lowest BCUT2D eigenvalue weighted by molar-refractivity contribution is -0.121. The van der Waals surface area contributed by atoms with E-state index in [1.54, 1.807) is 59.5 Å². The maximum Gasteiger partial charge on any atom is 0.285 e. The third-order valence-corrected chi connectivity index (χ3v) is 6.51. The highest BCUT2D eigenvalue weighted by molar-refractivity contribution is 7.99. The van der Waals surface area contributed by atoms with Crippen molar-refractivity contribution in [3.05, 3.63) is 102 Å². The summed E-state index contributed by atoms with van der Waals surface area (Å²) in [5.41, 5.74) is 1.46. The molecule has 0 atom stereocenters. The van der Waals surface area contributed by atoms with Crippen LogP contribution in [0.4, 0.5) is 15.8 Å². The van der Waals surface area contributed by atoms with E-state index < -0.39 is 21.7 Å². The van der Waals surface area contributed by atoms with E-state index in [9.17, 15) is 17.6 Å². The van der Waals surface area contributed by atoms with Crippen LogP contribution in [0.5, 0.6) is 0 Å². The van der Waals surface area contributed by atoms with Crippen molar-refractivity contribution in [2.75, 3.05) is 11.9 Å². The predicted octanol–water partition coefficient (Wildman–Crippen LogP) is 4.13. The van der Waals surface area contributed by atoms with E-state index in [0.717, 1.165) is 4.31 Å². The number of likely N-dealkylation sites (N-methyl/N-ethyl adjacent to an activating group) is 1. The Morgan fingerprint density at radius 1 is 0.793 bits per heavy atom. The average molecular weight is 408 g/mol. The van der Waals surface area contributed by atoms with Crippen LogP contribution in [-0.4, -0.2) is 25.7 Å². The molecule has 0 fully saturated rings. The molecule has 0 bridgehead atoms. The summed E-state index contributed by atoms with van der Waals surface area (Å²) in [6, 6.07) is 23.0. The van der Waals surface area contributed by atoms with Gasteiger partial charge in [-0.2, -0.15) is 0 Å². The minimum absolute atomic E-state index is 0.00323. The van der Waals surface area contributed by atoms with Crippen LogP contribution >= 0.6 is 0 Å². The number of hydrogen-bond donors (Lipinski definition) is 0. The number of amides is 1. The SMILES string of the molecule is CN1C(=O)C(N(c2ccccc2)c2ccc(F)cc2)=C(c2ccccc2)S1(=O)=O. The summed E-state index contributed by atoms with van der Waals surface area (Å²) in [6.07, 6.45) is 0. The average Bonchev–Trinajstić information content (AvgIpc) is 2.91. The molecule has 1 aliphatic heterocycles. The van der Waals surface area contributed by atoms with E-state index in [-0.39, 0.29) is 10.6 Å². The fourth-order valence-corrected chi connectivity index (χ4v) is 4.70. The second kappa shape index (κ2) is 7.18. The Hall–Kier alpha value is -3.45. The van der Waals surface area contributed by atoms with Crippen LogP contribution in [0.15, 0.2) is 90.6 Å². The van der Waals surface area contributed by atoms with Gasteiger partial charge in [0.15, 0.2) is 0 Å². The van der Waals surface area contributed by atoms with Crippen LogP contribution in [0.2, 0.25) is 0 Å². The Balaban J connectivity index is 2.06. The molecule has 0 aliphatic carbocycles. The smallest absolute Gasteiger partial charge is 0.285 e. The minimum atomic E-state index is -4.04. The first-order chi connectivity index (χ1) is 13.9. The van der Waals surface area contributed by atoms with Crippen LogP contribution < -0.4 is 4.90 Å². The van der Waals surface area contributed by atoms with E-state index >= 15 is 0 Å². The van der Waals surface area contributed by atoms with Crippen LogP contribution in [0, 0.1) is 5.82 Å². The number of benzene rings is 3. The maximum atomic E-state index is 13.5. The van der Waals surface area contributed by atoms with Crippen LogP contribution in [-0.2, 0) is 14.8 Å². The molecule has 1 amide bonds. The number of anilines is 2. The van der Waals surface area contributed by atoms with Crippen molar-refractivity contribution >= 4 is 32.2 Å². The number of carbonyl (C=O) groups is 1. The molecule has 1 aliphatic rings. The molecule has 0 aromatic heterocycles.